The molecule has 0 atom stereocenters. The Labute approximate surface area is 79.8 Å². The van der Waals surface area contributed by atoms with Gasteiger partial charge in [-0.1, -0.05) is 6.08 Å². The standard InChI is InChI=1S/C8H17NO3S/c1-4-8(2,3)9-6-5-7-13(10,11)12/h4,9H,1,5-7H2,2-3H3,(H,10,11,12). The highest BCUT2D eigenvalue weighted by molar-refractivity contribution is 7.85. The summed E-state index contributed by atoms with van der Waals surface area (Å²) in [5.74, 6) is -0.201. The molecule has 5 heteroatoms. The van der Waals surface area contributed by atoms with Gasteiger partial charge in [0, 0.05) is 5.54 Å². The second-order valence-electron chi connectivity index (χ2n) is 3.49. The van der Waals surface area contributed by atoms with Crippen molar-refractivity contribution >= 4 is 10.1 Å². The topological polar surface area (TPSA) is 66.4 Å². The van der Waals surface area contributed by atoms with Gasteiger partial charge in [0.25, 0.3) is 10.1 Å². The highest BCUT2D eigenvalue weighted by atomic mass is 32.2. The van der Waals surface area contributed by atoms with Crippen molar-refractivity contribution in [1.82, 2.24) is 5.32 Å². The molecule has 13 heavy (non-hydrogen) atoms. The van der Waals surface area contributed by atoms with Crippen LogP contribution in [0, 0.1) is 0 Å². The number of hydrogen-bond donors (Lipinski definition) is 2. The highest BCUT2D eigenvalue weighted by Gasteiger charge is 2.11. The molecule has 0 rings (SSSR count). The Morgan fingerprint density at radius 1 is 1.54 bits per heavy atom. The monoisotopic (exact) mass is 207 g/mol. The lowest BCUT2D eigenvalue weighted by Gasteiger charge is -2.21. The molecule has 2 N–H and O–H groups in total. The number of hydrogen-bond acceptors (Lipinski definition) is 3. The SMILES string of the molecule is C=CC(C)(C)NCCCS(=O)(=O)O. The van der Waals surface area contributed by atoms with Gasteiger partial charge in [0.1, 0.15) is 0 Å². The number of rotatable bonds is 6. The zero-order valence-electron chi connectivity index (χ0n) is 8.08. The molecule has 0 spiro atoms. The van der Waals surface area contributed by atoms with Crippen LogP contribution in [-0.4, -0.2) is 30.8 Å². The van der Waals surface area contributed by atoms with E-state index in [9.17, 15) is 8.42 Å². The van der Waals surface area contributed by atoms with Crippen LogP contribution in [0.5, 0.6) is 0 Å². The van der Waals surface area contributed by atoms with Gasteiger partial charge in [-0.3, -0.25) is 4.55 Å². The van der Waals surface area contributed by atoms with Crippen molar-refractivity contribution in [2.75, 3.05) is 12.3 Å². The molecule has 0 bridgehead atoms. The van der Waals surface area contributed by atoms with Crippen molar-refractivity contribution in [3.05, 3.63) is 12.7 Å². The van der Waals surface area contributed by atoms with E-state index in [0.717, 1.165) is 0 Å². The summed E-state index contributed by atoms with van der Waals surface area (Å²) in [5, 5.41) is 3.09. The highest BCUT2D eigenvalue weighted by Crippen LogP contribution is 2.01. The first-order chi connectivity index (χ1) is 5.77. The third kappa shape index (κ3) is 7.95. The van der Waals surface area contributed by atoms with Gasteiger partial charge in [-0.05, 0) is 26.8 Å². The summed E-state index contributed by atoms with van der Waals surface area (Å²) in [4.78, 5) is 0. The van der Waals surface area contributed by atoms with Gasteiger partial charge >= 0.3 is 0 Å². The molecular formula is C8H17NO3S. The molecule has 0 aromatic rings. The molecule has 78 valence electrons. The van der Waals surface area contributed by atoms with Gasteiger partial charge < -0.3 is 5.32 Å². The zero-order valence-corrected chi connectivity index (χ0v) is 8.89. The largest absolute Gasteiger partial charge is 0.308 e. The first kappa shape index (κ1) is 12.6. The van der Waals surface area contributed by atoms with Gasteiger partial charge in [-0.25, -0.2) is 0 Å². The normalized spacial score (nSPS) is 12.8. The fourth-order valence-electron chi connectivity index (χ4n) is 0.737. The summed E-state index contributed by atoms with van der Waals surface area (Å²) in [6.07, 6.45) is 2.15. The fourth-order valence-corrected chi connectivity index (χ4v) is 1.25. The smallest absolute Gasteiger partial charge is 0.264 e. The van der Waals surface area contributed by atoms with Crippen molar-refractivity contribution in [2.24, 2.45) is 0 Å². The minimum atomic E-state index is -3.81. The van der Waals surface area contributed by atoms with Gasteiger partial charge in [0.2, 0.25) is 0 Å². The van der Waals surface area contributed by atoms with Crippen LogP contribution in [0.4, 0.5) is 0 Å². The summed E-state index contributed by atoms with van der Waals surface area (Å²) >= 11 is 0. The lowest BCUT2D eigenvalue weighted by molar-refractivity contribution is 0.460. The molecular weight excluding hydrogens is 190 g/mol. The Bertz CT molecular complexity index is 257. The third-order valence-corrected chi connectivity index (χ3v) is 2.47. The van der Waals surface area contributed by atoms with E-state index in [-0.39, 0.29) is 11.3 Å². The van der Waals surface area contributed by atoms with Crippen LogP contribution in [0.1, 0.15) is 20.3 Å². The molecule has 0 aliphatic carbocycles. The summed E-state index contributed by atoms with van der Waals surface area (Å²) in [6, 6.07) is 0. The molecule has 0 aliphatic heterocycles. The maximum atomic E-state index is 10.3. The average Bonchev–Trinajstić information content (AvgIpc) is 1.97. The summed E-state index contributed by atoms with van der Waals surface area (Å²) < 4.78 is 29.1. The molecule has 0 unspecified atom stereocenters. The van der Waals surface area contributed by atoms with Crippen LogP contribution in [0.3, 0.4) is 0 Å². The minimum absolute atomic E-state index is 0.195. The Balaban J connectivity index is 3.64. The Morgan fingerprint density at radius 3 is 2.46 bits per heavy atom. The Kier molecular flexibility index (Phi) is 4.60. The molecule has 4 nitrogen and oxygen atoms in total. The first-order valence-electron chi connectivity index (χ1n) is 4.11. The minimum Gasteiger partial charge on any atom is -0.308 e. The third-order valence-electron chi connectivity index (χ3n) is 1.67. The van der Waals surface area contributed by atoms with E-state index >= 15 is 0 Å². The van der Waals surface area contributed by atoms with Crippen molar-refractivity contribution in [3.8, 4) is 0 Å². The van der Waals surface area contributed by atoms with Crippen LogP contribution in [0.25, 0.3) is 0 Å². The Morgan fingerprint density at radius 2 is 2.08 bits per heavy atom. The molecule has 0 saturated carbocycles. The van der Waals surface area contributed by atoms with Crippen LogP contribution in [0.2, 0.25) is 0 Å². The van der Waals surface area contributed by atoms with Gasteiger partial charge in [0.15, 0.2) is 0 Å². The lowest BCUT2D eigenvalue weighted by Crippen LogP contribution is -2.38. The van der Waals surface area contributed by atoms with Crippen LogP contribution in [0.15, 0.2) is 12.7 Å². The van der Waals surface area contributed by atoms with Gasteiger partial charge in [-0.15, -0.1) is 6.58 Å². The van der Waals surface area contributed by atoms with E-state index in [1.807, 2.05) is 13.8 Å². The molecule has 0 radical (unpaired) electrons. The molecule has 0 aromatic heterocycles. The molecule has 0 aliphatic rings. The second-order valence-corrected chi connectivity index (χ2v) is 5.06. The molecule has 0 aromatic carbocycles. The van der Waals surface area contributed by atoms with Gasteiger partial charge in [-0.2, -0.15) is 8.42 Å². The van der Waals surface area contributed by atoms with Crippen molar-refractivity contribution in [2.45, 2.75) is 25.8 Å². The maximum absolute atomic E-state index is 10.3. The van der Waals surface area contributed by atoms with Crippen LogP contribution in [-0.2, 0) is 10.1 Å². The molecule has 0 fully saturated rings. The van der Waals surface area contributed by atoms with Crippen LogP contribution >= 0.6 is 0 Å². The van der Waals surface area contributed by atoms with E-state index < -0.39 is 10.1 Å². The van der Waals surface area contributed by atoms with Crippen molar-refractivity contribution < 1.29 is 13.0 Å². The average molecular weight is 207 g/mol. The van der Waals surface area contributed by atoms with E-state index in [4.69, 9.17) is 4.55 Å². The van der Waals surface area contributed by atoms with Crippen molar-refractivity contribution in [1.29, 1.82) is 0 Å². The Hall–Kier alpha value is -0.390. The van der Waals surface area contributed by atoms with Crippen molar-refractivity contribution in [3.63, 3.8) is 0 Å². The fraction of sp³-hybridized carbons (Fsp3) is 0.750. The quantitative estimate of drug-likeness (QED) is 0.384. The summed E-state index contributed by atoms with van der Waals surface area (Å²) in [5.41, 5.74) is -0.195. The first-order valence-corrected chi connectivity index (χ1v) is 5.71. The van der Waals surface area contributed by atoms with E-state index in [1.54, 1.807) is 6.08 Å². The lowest BCUT2D eigenvalue weighted by atomic mass is 10.1. The predicted molar refractivity (Wildman–Crippen MR) is 53.3 cm³/mol. The maximum Gasteiger partial charge on any atom is 0.264 e. The number of nitrogens with one attached hydrogen (secondary N) is 1. The van der Waals surface area contributed by atoms with E-state index in [1.165, 1.54) is 0 Å². The zero-order chi connectivity index (χ0) is 10.5. The predicted octanol–water partition coefficient (Wildman–Crippen LogP) is 0.819. The summed E-state index contributed by atoms with van der Waals surface area (Å²) in [7, 11) is -3.81. The molecule has 0 heterocycles. The van der Waals surface area contributed by atoms with E-state index in [2.05, 4.69) is 11.9 Å². The summed E-state index contributed by atoms with van der Waals surface area (Å²) in [6.45, 7) is 8.05. The molecule has 0 amide bonds. The molecule has 0 saturated heterocycles. The van der Waals surface area contributed by atoms with Crippen LogP contribution < -0.4 is 5.32 Å². The van der Waals surface area contributed by atoms with Gasteiger partial charge in [0.05, 0.1) is 5.75 Å². The van der Waals surface area contributed by atoms with E-state index in [0.29, 0.717) is 13.0 Å². The second kappa shape index (κ2) is 4.74.